The minimum absolute atomic E-state index is 0.262. The van der Waals surface area contributed by atoms with Gasteiger partial charge in [-0.25, -0.2) is 4.79 Å². The van der Waals surface area contributed by atoms with Crippen molar-refractivity contribution in [2.24, 2.45) is 0 Å². The highest BCUT2D eigenvalue weighted by molar-refractivity contribution is 6.14. The first-order valence-corrected chi connectivity index (χ1v) is 10.5. The van der Waals surface area contributed by atoms with E-state index in [1.165, 1.54) is 5.56 Å². The Morgan fingerprint density at radius 2 is 1.69 bits per heavy atom. The number of nitrogens with one attached hydrogen (secondary N) is 1. The average Bonchev–Trinajstić information content (AvgIpc) is 2.79. The van der Waals surface area contributed by atoms with E-state index in [0.29, 0.717) is 23.4 Å². The number of aryl methyl sites for hydroxylation is 2. The van der Waals surface area contributed by atoms with Crippen LogP contribution in [-0.4, -0.2) is 23.5 Å². The molecule has 0 fully saturated rings. The molecule has 0 saturated carbocycles. The summed E-state index contributed by atoms with van der Waals surface area (Å²) in [5.74, 6) is -0.681. The number of rotatable bonds is 5. The molecule has 5 heteroatoms. The Hall–Kier alpha value is -3.99. The van der Waals surface area contributed by atoms with Gasteiger partial charge in [-0.1, -0.05) is 54.1 Å². The van der Waals surface area contributed by atoms with E-state index in [1.807, 2.05) is 25.1 Å². The molecule has 0 radical (unpaired) electrons. The van der Waals surface area contributed by atoms with E-state index in [0.717, 1.165) is 27.7 Å². The van der Waals surface area contributed by atoms with Gasteiger partial charge in [-0.05, 0) is 50.6 Å². The number of amides is 1. The Morgan fingerprint density at radius 3 is 2.44 bits per heavy atom. The van der Waals surface area contributed by atoms with Crippen LogP contribution in [0.25, 0.3) is 22.0 Å². The van der Waals surface area contributed by atoms with Crippen molar-refractivity contribution >= 4 is 28.5 Å². The summed E-state index contributed by atoms with van der Waals surface area (Å²) in [6.45, 7) is 5.98. The van der Waals surface area contributed by atoms with Crippen LogP contribution in [0, 0.1) is 13.8 Å². The molecule has 0 bridgehead atoms. The maximum Gasteiger partial charge on any atom is 0.338 e. The molecule has 4 aromatic rings. The van der Waals surface area contributed by atoms with E-state index in [1.54, 1.807) is 37.3 Å². The lowest BCUT2D eigenvalue weighted by atomic mass is 9.98. The van der Waals surface area contributed by atoms with Gasteiger partial charge < -0.3 is 10.1 Å². The number of para-hydroxylation sites is 1. The molecule has 160 valence electrons. The summed E-state index contributed by atoms with van der Waals surface area (Å²) in [6.07, 6.45) is 0. The fourth-order valence-corrected chi connectivity index (χ4v) is 3.67. The summed E-state index contributed by atoms with van der Waals surface area (Å²) < 4.78 is 5.05. The van der Waals surface area contributed by atoms with Gasteiger partial charge in [-0.2, -0.15) is 0 Å². The van der Waals surface area contributed by atoms with Crippen molar-refractivity contribution < 1.29 is 14.3 Å². The second-order valence-electron chi connectivity index (χ2n) is 7.63. The van der Waals surface area contributed by atoms with Crippen molar-refractivity contribution in [2.45, 2.75) is 20.8 Å². The normalized spacial score (nSPS) is 10.7. The van der Waals surface area contributed by atoms with Crippen molar-refractivity contribution in [1.82, 2.24) is 4.98 Å². The van der Waals surface area contributed by atoms with Crippen molar-refractivity contribution in [2.75, 3.05) is 11.9 Å². The predicted molar refractivity (Wildman–Crippen MR) is 127 cm³/mol. The predicted octanol–water partition coefficient (Wildman–Crippen LogP) is 5.95. The molecule has 1 amide bonds. The first-order chi connectivity index (χ1) is 15.5. The Morgan fingerprint density at radius 1 is 0.938 bits per heavy atom. The molecule has 0 saturated heterocycles. The lowest BCUT2D eigenvalue weighted by Crippen LogP contribution is -2.14. The Bertz CT molecular complexity index is 1310. The summed E-state index contributed by atoms with van der Waals surface area (Å²) in [6, 6.07) is 22.6. The molecule has 1 N–H and O–H groups in total. The minimum atomic E-state index is -0.420. The van der Waals surface area contributed by atoms with E-state index >= 15 is 0 Å². The van der Waals surface area contributed by atoms with Gasteiger partial charge in [0.15, 0.2) is 0 Å². The van der Waals surface area contributed by atoms with Crippen LogP contribution in [0.2, 0.25) is 0 Å². The SMILES string of the molecule is CCOC(=O)c1cccc(NC(=O)c2cc(C)nc3c(-c4ccc(C)cc4)cccc23)c1. The van der Waals surface area contributed by atoms with Crippen LogP contribution in [0.4, 0.5) is 5.69 Å². The summed E-state index contributed by atoms with van der Waals surface area (Å²) in [7, 11) is 0. The number of benzene rings is 3. The molecule has 5 nitrogen and oxygen atoms in total. The van der Waals surface area contributed by atoms with E-state index in [2.05, 4.69) is 36.5 Å². The van der Waals surface area contributed by atoms with Crippen LogP contribution in [0.15, 0.2) is 72.8 Å². The summed E-state index contributed by atoms with van der Waals surface area (Å²) in [5, 5.41) is 3.68. The number of aromatic nitrogens is 1. The zero-order valence-corrected chi connectivity index (χ0v) is 18.3. The second-order valence-corrected chi connectivity index (χ2v) is 7.63. The van der Waals surface area contributed by atoms with Gasteiger partial charge in [-0.15, -0.1) is 0 Å². The van der Waals surface area contributed by atoms with Gasteiger partial charge in [0.25, 0.3) is 5.91 Å². The first-order valence-electron chi connectivity index (χ1n) is 10.5. The van der Waals surface area contributed by atoms with Gasteiger partial charge >= 0.3 is 5.97 Å². The van der Waals surface area contributed by atoms with Crippen molar-refractivity contribution in [3.8, 4) is 11.1 Å². The molecule has 1 aromatic heterocycles. The van der Waals surface area contributed by atoms with Gasteiger partial charge in [0.05, 0.1) is 23.3 Å². The number of fused-ring (bicyclic) bond motifs is 1. The Balaban J connectivity index is 1.73. The van der Waals surface area contributed by atoms with Crippen molar-refractivity contribution in [3.05, 3.63) is 95.2 Å². The Kier molecular flexibility index (Phi) is 5.99. The molecule has 0 atom stereocenters. The summed E-state index contributed by atoms with van der Waals surface area (Å²) in [4.78, 5) is 30.0. The lowest BCUT2D eigenvalue weighted by Gasteiger charge is -2.13. The second kappa shape index (κ2) is 9.02. The van der Waals surface area contributed by atoms with Gasteiger partial charge in [0, 0.05) is 22.3 Å². The average molecular weight is 425 g/mol. The van der Waals surface area contributed by atoms with Crippen LogP contribution < -0.4 is 5.32 Å². The van der Waals surface area contributed by atoms with E-state index < -0.39 is 5.97 Å². The smallest absolute Gasteiger partial charge is 0.338 e. The highest BCUT2D eigenvalue weighted by Crippen LogP contribution is 2.30. The topological polar surface area (TPSA) is 68.3 Å². The van der Waals surface area contributed by atoms with Crippen LogP contribution in [0.3, 0.4) is 0 Å². The van der Waals surface area contributed by atoms with E-state index in [9.17, 15) is 9.59 Å². The van der Waals surface area contributed by atoms with Gasteiger partial charge in [-0.3, -0.25) is 9.78 Å². The fraction of sp³-hybridized carbons (Fsp3) is 0.148. The maximum atomic E-state index is 13.2. The van der Waals surface area contributed by atoms with Crippen molar-refractivity contribution in [1.29, 1.82) is 0 Å². The van der Waals surface area contributed by atoms with E-state index in [-0.39, 0.29) is 5.91 Å². The Labute approximate surface area is 187 Å². The molecular formula is C27H24N2O3. The number of nitrogens with zero attached hydrogens (tertiary/aromatic N) is 1. The molecule has 0 spiro atoms. The van der Waals surface area contributed by atoms with Gasteiger partial charge in [0.1, 0.15) is 0 Å². The zero-order chi connectivity index (χ0) is 22.7. The molecule has 0 unspecified atom stereocenters. The third-order valence-corrected chi connectivity index (χ3v) is 5.21. The molecule has 32 heavy (non-hydrogen) atoms. The zero-order valence-electron chi connectivity index (χ0n) is 18.3. The van der Waals surface area contributed by atoms with E-state index in [4.69, 9.17) is 9.72 Å². The molecule has 0 aliphatic heterocycles. The number of ether oxygens (including phenoxy) is 1. The highest BCUT2D eigenvalue weighted by atomic mass is 16.5. The third-order valence-electron chi connectivity index (χ3n) is 5.21. The maximum absolute atomic E-state index is 13.2. The number of carbonyl (C=O) groups is 2. The number of pyridine rings is 1. The summed E-state index contributed by atoms with van der Waals surface area (Å²) in [5.41, 5.74) is 6.19. The van der Waals surface area contributed by atoms with Crippen molar-refractivity contribution in [3.63, 3.8) is 0 Å². The van der Waals surface area contributed by atoms with Gasteiger partial charge in [0.2, 0.25) is 0 Å². The van der Waals surface area contributed by atoms with Crippen LogP contribution in [0.1, 0.15) is 38.9 Å². The first kappa shape index (κ1) is 21.2. The number of anilines is 1. The summed E-state index contributed by atoms with van der Waals surface area (Å²) >= 11 is 0. The number of esters is 1. The molecule has 3 aromatic carbocycles. The quantitative estimate of drug-likeness (QED) is 0.402. The molecule has 0 aliphatic rings. The number of hydrogen-bond donors (Lipinski definition) is 1. The van der Waals surface area contributed by atoms with Crippen LogP contribution in [0.5, 0.6) is 0 Å². The largest absolute Gasteiger partial charge is 0.462 e. The highest BCUT2D eigenvalue weighted by Gasteiger charge is 2.16. The third kappa shape index (κ3) is 4.37. The molecule has 1 heterocycles. The van der Waals surface area contributed by atoms with Crippen LogP contribution in [-0.2, 0) is 4.74 Å². The standard InChI is InChI=1S/C27H24N2O3/c1-4-32-27(31)20-7-5-8-21(16-20)29-26(30)24-15-18(3)28-25-22(9-6-10-23(24)25)19-13-11-17(2)12-14-19/h5-16H,4H2,1-3H3,(H,29,30). The molecule has 0 aliphatic carbocycles. The minimum Gasteiger partial charge on any atom is -0.462 e. The monoisotopic (exact) mass is 424 g/mol. The lowest BCUT2D eigenvalue weighted by molar-refractivity contribution is 0.0526. The fourth-order valence-electron chi connectivity index (χ4n) is 3.67. The molecule has 4 rings (SSSR count). The molecular weight excluding hydrogens is 400 g/mol. The number of carbonyl (C=O) groups excluding carboxylic acids is 2. The van der Waals surface area contributed by atoms with Crippen LogP contribution >= 0.6 is 0 Å². The number of hydrogen-bond acceptors (Lipinski definition) is 4.